The highest BCUT2D eigenvalue weighted by Crippen LogP contribution is 2.19. The molecule has 1 N–H and O–H groups in total. The van der Waals surface area contributed by atoms with Gasteiger partial charge in [-0.3, -0.25) is 0 Å². The third kappa shape index (κ3) is 5.10. The van der Waals surface area contributed by atoms with Gasteiger partial charge in [-0.1, -0.05) is 6.07 Å². The van der Waals surface area contributed by atoms with Crippen LogP contribution in [0.15, 0.2) is 18.2 Å². The Labute approximate surface area is 136 Å². The van der Waals surface area contributed by atoms with E-state index < -0.39 is 5.82 Å². The highest BCUT2D eigenvalue weighted by Gasteiger charge is 2.25. The maximum absolute atomic E-state index is 13.9. The van der Waals surface area contributed by atoms with Gasteiger partial charge in [-0.2, -0.15) is 0 Å². The number of hydrogen-bond donors (Lipinski definition) is 1. The Morgan fingerprint density at radius 2 is 2.04 bits per heavy atom. The molecular weight excluding hydrogens is 299 g/mol. The van der Waals surface area contributed by atoms with Crippen LogP contribution in [0.25, 0.3) is 0 Å². The molecular formula is C17H25FN2O3. The van der Waals surface area contributed by atoms with Crippen molar-refractivity contribution in [2.45, 2.75) is 52.6 Å². The second-order valence-corrected chi connectivity index (χ2v) is 6.25. The largest absolute Gasteiger partial charge is 0.488 e. The van der Waals surface area contributed by atoms with Crippen LogP contribution in [0.1, 0.15) is 33.3 Å². The number of morpholine rings is 1. The first-order valence-corrected chi connectivity index (χ1v) is 7.98. The van der Waals surface area contributed by atoms with Gasteiger partial charge in [-0.25, -0.2) is 9.18 Å². The molecule has 2 unspecified atom stereocenters. The number of amides is 2. The number of carbonyl (C=O) groups excluding carboxylic acids is 1. The van der Waals surface area contributed by atoms with E-state index in [2.05, 4.69) is 5.32 Å². The van der Waals surface area contributed by atoms with Crippen LogP contribution >= 0.6 is 0 Å². The second kappa shape index (κ2) is 7.64. The van der Waals surface area contributed by atoms with Crippen LogP contribution in [0.3, 0.4) is 0 Å². The third-order valence-corrected chi connectivity index (χ3v) is 3.51. The molecule has 1 heterocycles. The van der Waals surface area contributed by atoms with Crippen LogP contribution in [0.2, 0.25) is 0 Å². The minimum atomic E-state index is -0.418. The molecule has 1 aromatic rings. The number of nitrogens with one attached hydrogen (secondary N) is 1. The molecule has 0 bridgehead atoms. The van der Waals surface area contributed by atoms with E-state index in [9.17, 15) is 9.18 Å². The van der Waals surface area contributed by atoms with Crippen molar-refractivity contribution in [1.82, 2.24) is 10.2 Å². The highest BCUT2D eigenvalue weighted by atomic mass is 19.1. The van der Waals surface area contributed by atoms with E-state index in [4.69, 9.17) is 9.47 Å². The Morgan fingerprint density at radius 3 is 2.61 bits per heavy atom. The van der Waals surface area contributed by atoms with E-state index in [0.29, 0.717) is 18.7 Å². The summed E-state index contributed by atoms with van der Waals surface area (Å²) in [7, 11) is 0. The summed E-state index contributed by atoms with van der Waals surface area (Å²) < 4.78 is 24.9. The van der Waals surface area contributed by atoms with Crippen LogP contribution in [0, 0.1) is 5.82 Å². The number of urea groups is 1. The number of nitrogens with zero attached hydrogens (tertiary/aromatic N) is 1. The van der Waals surface area contributed by atoms with E-state index in [-0.39, 0.29) is 36.6 Å². The molecule has 2 rings (SSSR count). The van der Waals surface area contributed by atoms with Gasteiger partial charge in [0.2, 0.25) is 0 Å². The third-order valence-electron chi connectivity index (χ3n) is 3.51. The molecule has 0 spiro atoms. The van der Waals surface area contributed by atoms with Crippen LogP contribution in [0.4, 0.5) is 9.18 Å². The van der Waals surface area contributed by atoms with Crippen molar-refractivity contribution in [3.05, 3.63) is 29.6 Å². The summed E-state index contributed by atoms with van der Waals surface area (Å²) in [5.41, 5.74) is 0.696. The summed E-state index contributed by atoms with van der Waals surface area (Å²) in [5, 5.41) is 2.82. The predicted octanol–water partition coefficient (Wildman–Crippen LogP) is 2.93. The maximum atomic E-state index is 13.9. The predicted molar refractivity (Wildman–Crippen MR) is 86.0 cm³/mol. The monoisotopic (exact) mass is 324 g/mol. The first-order chi connectivity index (χ1) is 10.8. The van der Waals surface area contributed by atoms with E-state index in [1.807, 2.05) is 27.7 Å². The standard InChI is InChI=1S/C17H25FN2O3/c1-11(2)22-16-6-5-14(7-15(16)18)8-19-17(21)20-9-12(3)23-13(4)10-20/h5-7,11-13H,8-10H2,1-4H3,(H,19,21). The van der Waals surface area contributed by atoms with Gasteiger partial charge in [0.25, 0.3) is 0 Å². The van der Waals surface area contributed by atoms with Crippen LogP contribution < -0.4 is 10.1 Å². The van der Waals surface area contributed by atoms with Crippen molar-refractivity contribution in [1.29, 1.82) is 0 Å². The van der Waals surface area contributed by atoms with Gasteiger partial charge < -0.3 is 19.7 Å². The molecule has 1 saturated heterocycles. The Balaban J connectivity index is 1.90. The van der Waals surface area contributed by atoms with Crippen molar-refractivity contribution in [2.75, 3.05) is 13.1 Å². The highest BCUT2D eigenvalue weighted by molar-refractivity contribution is 5.74. The zero-order valence-corrected chi connectivity index (χ0v) is 14.1. The number of hydrogen-bond acceptors (Lipinski definition) is 3. The number of rotatable bonds is 4. The second-order valence-electron chi connectivity index (χ2n) is 6.25. The fourth-order valence-corrected chi connectivity index (χ4v) is 2.64. The summed E-state index contributed by atoms with van der Waals surface area (Å²) in [6, 6.07) is 4.58. The Morgan fingerprint density at radius 1 is 1.39 bits per heavy atom. The molecule has 6 heteroatoms. The summed E-state index contributed by atoms with van der Waals surface area (Å²) in [4.78, 5) is 13.9. The topological polar surface area (TPSA) is 50.8 Å². The molecule has 1 aliphatic heterocycles. The molecule has 128 valence electrons. The molecule has 2 atom stereocenters. The molecule has 1 aromatic carbocycles. The Bertz CT molecular complexity index is 541. The first-order valence-electron chi connectivity index (χ1n) is 7.98. The fourth-order valence-electron chi connectivity index (χ4n) is 2.64. The SMILES string of the molecule is CC(C)Oc1ccc(CNC(=O)N2CC(C)OC(C)C2)cc1F. The van der Waals surface area contributed by atoms with E-state index >= 15 is 0 Å². The minimum Gasteiger partial charge on any atom is -0.488 e. The summed E-state index contributed by atoms with van der Waals surface area (Å²) in [6.07, 6.45) is -0.0378. The lowest BCUT2D eigenvalue weighted by Crippen LogP contribution is -2.51. The average molecular weight is 324 g/mol. The minimum absolute atomic E-state index is 0.0226. The first kappa shape index (κ1) is 17.5. The molecule has 0 radical (unpaired) electrons. The van der Waals surface area contributed by atoms with Crippen molar-refractivity contribution >= 4 is 6.03 Å². The molecule has 0 aliphatic carbocycles. The molecule has 0 saturated carbocycles. The maximum Gasteiger partial charge on any atom is 0.317 e. The van der Waals surface area contributed by atoms with Crippen molar-refractivity contribution in [3.63, 3.8) is 0 Å². The molecule has 0 aromatic heterocycles. The molecule has 23 heavy (non-hydrogen) atoms. The molecule has 1 aliphatic rings. The van der Waals surface area contributed by atoms with Crippen molar-refractivity contribution in [3.8, 4) is 5.75 Å². The van der Waals surface area contributed by atoms with Crippen molar-refractivity contribution < 1.29 is 18.7 Å². The Hall–Kier alpha value is -1.82. The quantitative estimate of drug-likeness (QED) is 0.926. The van der Waals surface area contributed by atoms with Gasteiger partial charge in [-0.15, -0.1) is 0 Å². The van der Waals surface area contributed by atoms with Gasteiger partial charge >= 0.3 is 6.03 Å². The zero-order valence-electron chi connectivity index (χ0n) is 14.1. The zero-order chi connectivity index (χ0) is 17.0. The number of benzene rings is 1. The van der Waals surface area contributed by atoms with Gasteiger partial charge in [0.15, 0.2) is 11.6 Å². The van der Waals surface area contributed by atoms with Gasteiger partial charge in [-0.05, 0) is 45.4 Å². The number of ether oxygens (including phenoxy) is 2. The summed E-state index contributed by atoms with van der Waals surface area (Å²) in [5.74, 6) is -0.190. The molecule has 5 nitrogen and oxygen atoms in total. The lowest BCUT2D eigenvalue weighted by atomic mass is 10.2. The summed E-state index contributed by atoms with van der Waals surface area (Å²) in [6.45, 7) is 8.97. The number of carbonyl (C=O) groups is 1. The summed E-state index contributed by atoms with van der Waals surface area (Å²) >= 11 is 0. The normalized spacial score (nSPS) is 21.4. The average Bonchev–Trinajstić information content (AvgIpc) is 2.46. The number of halogens is 1. The smallest absolute Gasteiger partial charge is 0.317 e. The molecule has 1 fully saturated rings. The fraction of sp³-hybridized carbons (Fsp3) is 0.588. The van der Waals surface area contributed by atoms with E-state index in [1.54, 1.807) is 17.0 Å². The molecule has 2 amide bonds. The van der Waals surface area contributed by atoms with E-state index in [0.717, 1.165) is 0 Å². The van der Waals surface area contributed by atoms with E-state index in [1.165, 1.54) is 6.07 Å². The van der Waals surface area contributed by atoms with Crippen molar-refractivity contribution in [2.24, 2.45) is 0 Å². The lowest BCUT2D eigenvalue weighted by Gasteiger charge is -2.35. The van der Waals surface area contributed by atoms with Crippen LogP contribution in [0.5, 0.6) is 5.75 Å². The van der Waals surface area contributed by atoms with Crippen LogP contribution in [-0.2, 0) is 11.3 Å². The Kier molecular flexibility index (Phi) is 5.82. The van der Waals surface area contributed by atoms with Gasteiger partial charge in [0, 0.05) is 19.6 Å². The van der Waals surface area contributed by atoms with Gasteiger partial charge in [0.1, 0.15) is 0 Å². The lowest BCUT2D eigenvalue weighted by molar-refractivity contribution is -0.0545. The van der Waals surface area contributed by atoms with Gasteiger partial charge in [0.05, 0.1) is 18.3 Å². The van der Waals surface area contributed by atoms with Crippen LogP contribution in [-0.4, -0.2) is 42.3 Å².